The Labute approximate surface area is 158 Å². The van der Waals surface area contributed by atoms with Crippen LogP contribution in [0.3, 0.4) is 0 Å². The minimum atomic E-state index is -0.394. The molecule has 0 aliphatic heterocycles. The molecule has 2 atom stereocenters. The van der Waals surface area contributed by atoms with Crippen LogP contribution >= 0.6 is 0 Å². The monoisotopic (exact) mass is 365 g/mol. The fourth-order valence-electron chi connectivity index (χ4n) is 4.80. The van der Waals surface area contributed by atoms with E-state index in [1.807, 2.05) is 10.9 Å². The van der Waals surface area contributed by atoms with Crippen molar-refractivity contribution >= 4 is 11.9 Å². The van der Waals surface area contributed by atoms with E-state index in [2.05, 4.69) is 16.5 Å². The standard InChI is InChI=1S/C22H24FN3O/c1-14(27)22-11-15-13-24-26(20-8-3-17(23)4-9-20)21(15)10-16(22)2-5-19(12-22)25-18-6-7-18/h3-4,8-10,13,18-19,25H,2,5-7,11-12H2,1H3/t19-,22+/m0/s1. The number of halogens is 1. The molecule has 0 bridgehead atoms. The molecule has 1 heterocycles. The second kappa shape index (κ2) is 6.13. The van der Waals surface area contributed by atoms with Gasteiger partial charge < -0.3 is 5.32 Å². The van der Waals surface area contributed by atoms with Crippen molar-refractivity contribution in [3.8, 4) is 5.69 Å². The predicted molar refractivity (Wildman–Crippen MR) is 102 cm³/mol. The van der Waals surface area contributed by atoms with Crippen LogP contribution < -0.4 is 5.32 Å². The summed E-state index contributed by atoms with van der Waals surface area (Å²) in [5.74, 6) is 0.00596. The maximum atomic E-state index is 13.3. The van der Waals surface area contributed by atoms with Gasteiger partial charge in [0.25, 0.3) is 0 Å². The number of allylic oxidation sites excluding steroid dienone is 1. The fraction of sp³-hybridized carbons (Fsp3) is 0.455. The summed E-state index contributed by atoms with van der Waals surface area (Å²) < 4.78 is 15.1. The number of aromatic nitrogens is 2. The highest BCUT2D eigenvalue weighted by Gasteiger charge is 2.47. The Balaban J connectivity index is 1.51. The summed E-state index contributed by atoms with van der Waals surface area (Å²) in [6.45, 7) is 1.74. The first-order valence-electron chi connectivity index (χ1n) is 9.86. The number of benzene rings is 1. The van der Waals surface area contributed by atoms with Crippen molar-refractivity contribution in [2.75, 3.05) is 0 Å². The molecule has 0 spiro atoms. The van der Waals surface area contributed by atoms with Gasteiger partial charge in [0, 0.05) is 12.1 Å². The van der Waals surface area contributed by atoms with Crippen molar-refractivity contribution in [2.45, 2.75) is 57.5 Å². The first-order chi connectivity index (χ1) is 13.0. The molecule has 5 rings (SSSR count). The molecule has 2 fully saturated rings. The number of hydrogen-bond acceptors (Lipinski definition) is 3. The molecule has 3 aliphatic rings. The van der Waals surface area contributed by atoms with E-state index < -0.39 is 5.41 Å². The zero-order valence-corrected chi connectivity index (χ0v) is 15.5. The molecular weight excluding hydrogens is 341 g/mol. The van der Waals surface area contributed by atoms with E-state index in [4.69, 9.17) is 0 Å². The van der Waals surface area contributed by atoms with E-state index in [0.29, 0.717) is 18.5 Å². The number of carbonyl (C=O) groups is 1. The molecular formula is C22H24FN3O. The third-order valence-corrected chi connectivity index (χ3v) is 6.45. The van der Waals surface area contributed by atoms with Gasteiger partial charge in [-0.3, -0.25) is 4.79 Å². The highest BCUT2D eigenvalue weighted by molar-refractivity contribution is 5.89. The van der Waals surface area contributed by atoms with Crippen LogP contribution in [-0.2, 0) is 11.2 Å². The number of carbonyl (C=O) groups excluding carboxylic acids is 1. The van der Waals surface area contributed by atoms with E-state index >= 15 is 0 Å². The Kier molecular flexibility index (Phi) is 3.83. The van der Waals surface area contributed by atoms with Gasteiger partial charge >= 0.3 is 0 Å². The highest BCUT2D eigenvalue weighted by Crippen LogP contribution is 2.49. The molecule has 4 nitrogen and oxygen atoms in total. The van der Waals surface area contributed by atoms with Gasteiger partial charge in [-0.25, -0.2) is 9.07 Å². The van der Waals surface area contributed by atoms with Crippen LogP contribution in [0.4, 0.5) is 4.39 Å². The summed E-state index contributed by atoms with van der Waals surface area (Å²) in [4.78, 5) is 12.8. The van der Waals surface area contributed by atoms with Crippen molar-refractivity contribution in [3.63, 3.8) is 0 Å². The molecule has 1 aromatic heterocycles. The van der Waals surface area contributed by atoms with Crippen LogP contribution in [-0.4, -0.2) is 27.6 Å². The molecule has 0 unspecified atom stereocenters. The number of hydrogen-bond donors (Lipinski definition) is 1. The minimum absolute atomic E-state index is 0.254. The van der Waals surface area contributed by atoms with Gasteiger partial charge in [0.2, 0.25) is 0 Å². The maximum Gasteiger partial charge on any atom is 0.140 e. The van der Waals surface area contributed by atoms with Crippen LogP contribution in [0.25, 0.3) is 11.8 Å². The van der Waals surface area contributed by atoms with Gasteiger partial charge in [0.1, 0.15) is 11.6 Å². The normalized spacial score (nSPS) is 26.9. The molecule has 0 radical (unpaired) electrons. The summed E-state index contributed by atoms with van der Waals surface area (Å²) in [6, 6.07) is 7.47. The molecule has 0 saturated heterocycles. The van der Waals surface area contributed by atoms with Crippen molar-refractivity contribution in [1.29, 1.82) is 0 Å². The number of nitrogens with one attached hydrogen (secondary N) is 1. The highest BCUT2D eigenvalue weighted by atomic mass is 19.1. The van der Waals surface area contributed by atoms with Gasteiger partial charge in [-0.05, 0) is 81.4 Å². The van der Waals surface area contributed by atoms with Gasteiger partial charge in [-0.15, -0.1) is 0 Å². The lowest BCUT2D eigenvalue weighted by Gasteiger charge is -2.44. The predicted octanol–water partition coefficient (Wildman–Crippen LogP) is 3.83. The topological polar surface area (TPSA) is 46.9 Å². The van der Waals surface area contributed by atoms with Crippen molar-refractivity contribution in [3.05, 3.63) is 53.1 Å². The Morgan fingerprint density at radius 2 is 2.00 bits per heavy atom. The third kappa shape index (κ3) is 2.85. The van der Waals surface area contributed by atoms with Crippen molar-refractivity contribution in [1.82, 2.24) is 15.1 Å². The summed E-state index contributed by atoms with van der Waals surface area (Å²) in [6.07, 6.45) is 10.2. The summed E-state index contributed by atoms with van der Waals surface area (Å²) >= 11 is 0. The SMILES string of the molecule is CC(=O)[C@]12Cc3cnn(-c4ccc(F)cc4)c3C=C1CC[C@H](NC1CC1)C2. The Morgan fingerprint density at radius 1 is 1.22 bits per heavy atom. The second-order valence-electron chi connectivity index (χ2n) is 8.31. The van der Waals surface area contributed by atoms with Gasteiger partial charge in [0.15, 0.2) is 0 Å². The third-order valence-electron chi connectivity index (χ3n) is 6.45. The Hall–Kier alpha value is -2.27. The molecule has 0 amide bonds. The van der Waals surface area contributed by atoms with Crippen LogP contribution in [0.15, 0.2) is 36.0 Å². The zero-order chi connectivity index (χ0) is 18.6. The Morgan fingerprint density at radius 3 is 2.70 bits per heavy atom. The van der Waals surface area contributed by atoms with E-state index in [9.17, 15) is 9.18 Å². The lowest BCUT2D eigenvalue weighted by atomic mass is 9.61. The second-order valence-corrected chi connectivity index (χ2v) is 8.31. The minimum Gasteiger partial charge on any atom is -0.311 e. The van der Waals surface area contributed by atoms with Crippen LogP contribution in [0.5, 0.6) is 0 Å². The van der Waals surface area contributed by atoms with E-state index in [1.54, 1.807) is 19.1 Å². The first kappa shape index (κ1) is 16.9. The molecule has 2 aromatic rings. The number of Topliss-reactive ketones (excluding diaryl/α,β-unsaturated/α-hetero) is 1. The molecule has 1 N–H and O–H groups in total. The summed E-state index contributed by atoms with van der Waals surface area (Å²) in [7, 11) is 0. The molecule has 5 heteroatoms. The smallest absolute Gasteiger partial charge is 0.140 e. The number of rotatable bonds is 4. The van der Waals surface area contributed by atoms with E-state index in [1.165, 1.54) is 30.5 Å². The quantitative estimate of drug-likeness (QED) is 0.896. The fourth-order valence-corrected chi connectivity index (χ4v) is 4.80. The maximum absolute atomic E-state index is 13.3. The number of nitrogens with zero attached hydrogens (tertiary/aromatic N) is 2. The van der Waals surface area contributed by atoms with Gasteiger partial charge in [-0.1, -0.05) is 5.57 Å². The molecule has 1 aromatic carbocycles. The zero-order valence-electron chi connectivity index (χ0n) is 15.5. The van der Waals surface area contributed by atoms with E-state index in [0.717, 1.165) is 36.2 Å². The molecule has 27 heavy (non-hydrogen) atoms. The largest absolute Gasteiger partial charge is 0.311 e. The number of fused-ring (bicyclic) bond motifs is 2. The average Bonchev–Trinajstić information content (AvgIpc) is 3.38. The lowest BCUT2D eigenvalue weighted by Crippen LogP contribution is -2.47. The van der Waals surface area contributed by atoms with Crippen molar-refractivity contribution in [2.24, 2.45) is 5.41 Å². The van der Waals surface area contributed by atoms with Gasteiger partial charge in [-0.2, -0.15) is 5.10 Å². The van der Waals surface area contributed by atoms with E-state index in [-0.39, 0.29) is 11.6 Å². The summed E-state index contributed by atoms with van der Waals surface area (Å²) in [5, 5.41) is 8.28. The van der Waals surface area contributed by atoms with Crippen LogP contribution in [0.2, 0.25) is 0 Å². The van der Waals surface area contributed by atoms with Crippen LogP contribution in [0.1, 0.15) is 50.3 Å². The average molecular weight is 365 g/mol. The van der Waals surface area contributed by atoms with Crippen molar-refractivity contribution < 1.29 is 9.18 Å². The lowest BCUT2D eigenvalue weighted by molar-refractivity contribution is -0.126. The van der Waals surface area contributed by atoms with Gasteiger partial charge in [0.05, 0.1) is 23.0 Å². The Bertz CT molecular complexity index is 926. The molecule has 3 aliphatic carbocycles. The molecule has 2 saturated carbocycles. The summed E-state index contributed by atoms with van der Waals surface area (Å²) in [5.41, 5.74) is 3.82. The molecule has 140 valence electrons. The first-order valence-corrected chi connectivity index (χ1v) is 9.86. The van der Waals surface area contributed by atoms with Crippen LogP contribution in [0, 0.1) is 11.2 Å². The number of ketones is 1.